The summed E-state index contributed by atoms with van der Waals surface area (Å²) in [5, 5.41) is 0. The number of nitrogens with zero attached hydrogens (tertiary/aromatic N) is 1. The van der Waals surface area contributed by atoms with E-state index in [9.17, 15) is 4.79 Å². The normalized spacial score (nSPS) is 22.6. The van der Waals surface area contributed by atoms with Crippen LogP contribution in [0.2, 0.25) is 0 Å². The first-order valence-electron chi connectivity index (χ1n) is 6.45. The maximum absolute atomic E-state index is 11.6. The number of carbonyl (C=O) groups excluding carboxylic acids is 1. The first-order chi connectivity index (χ1) is 8.74. The largest absolute Gasteiger partial charge is 0.461 e. The van der Waals surface area contributed by atoms with Crippen molar-refractivity contribution in [2.45, 2.75) is 39.2 Å². The molecule has 1 heterocycles. The van der Waals surface area contributed by atoms with Crippen LogP contribution in [0, 0.1) is 5.92 Å². The molecule has 1 saturated carbocycles. The van der Waals surface area contributed by atoms with Crippen LogP contribution in [-0.2, 0) is 15.9 Å². The molecular formula is C13H19NO4. The van der Waals surface area contributed by atoms with E-state index >= 15 is 0 Å². The Bertz CT molecular complexity index is 395. The standard InChI is InChI=1S/C13H19NO4/c1-3-16-10-5-9(6-10)7-11-12(14-8-18-11)13(15)17-4-2/h8-10H,3-7H2,1-2H3. The second-order valence-electron chi connectivity index (χ2n) is 4.46. The van der Waals surface area contributed by atoms with Crippen molar-refractivity contribution in [3.63, 3.8) is 0 Å². The van der Waals surface area contributed by atoms with E-state index in [1.54, 1.807) is 6.92 Å². The second kappa shape index (κ2) is 6.00. The molecule has 0 aliphatic heterocycles. The predicted octanol–water partition coefficient (Wildman–Crippen LogP) is 2.21. The molecule has 0 unspecified atom stereocenters. The Labute approximate surface area is 106 Å². The van der Waals surface area contributed by atoms with Gasteiger partial charge in [-0.2, -0.15) is 0 Å². The van der Waals surface area contributed by atoms with E-state index in [1.165, 1.54) is 6.39 Å². The summed E-state index contributed by atoms with van der Waals surface area (Å²) in [6.45, 7) is 4.88. The van der Waals surface area contributed by atoms with E-state index in [-0.39, 0.29) is 0 Å². The third-order valence-corrected chi connectivity index (χ3v) is 3.18. The summed E-state index contributed by atoms with van der Waals surface area (Å²) in [5.74, 6) is 0.748. The molecule has 1 fully saturated rings. The fourth-order valence-electron chi connectivity index (χ4n) is 2.26. The van der Waals surface area contributed by atoms with Crippen LogP contribution in [0.1, 0.15) is 42.9 Å². The van der Waals surface area contributed by atoms with Gasteiger partial charge in [0.2, 0.25) is 0 Å². The van der Waals surface area contributed by atoms with Crippen LogP contribution >= 0.6 is 0 Å². The van der Waals surface area contributed by atoms with Gasteiger partial charge in [0.1, 0.15) is 5.76 Å². The zero-order valence-electron chi connectivity index (χ0n) is 10.8. The Kier molecular flexibility index (Phi) is 4.36. The van der Waals surface area contributed by atoms with E-state index in [2.05, 4.69) is 4.98 Å². The fraction of sp³-hybridized carbons (Fsp3) is 0.692. The molecule has 0 aromatic carbocycles. The van der Waals surface area contributed by atoms with Crippen molar-refractivity contribution in [3.8, 4) is 0 Å². The van der Waals surface area contributed by atoms with Crippen molar-refractivity contribution in [3.05, 3.63) is 17.8 Å². The smallest absolute Gasteiger partial charge is 0.360 e. The van der Waals surface area contributed by atoms with Crippen molar-refractivity contribution in [2.75, 3.05) is 13.2 Å². The van der Waals surface area contributed by atoms with Gasteiger partial charge in [0.05, 0.1) is 12.7 Å². The van der Waals surface area contributed by atoms with Gasteiger partial charge in [-0.15, -0.1) is 0 Å². The summed E-state index contributed by atoms with van der Waals surface area (Å²) < 4.78 is 15.7. The third-order valence-electron chi connectivity index (χ3n) is 3.18. The highest BCUT2D eigenvalue weighted by molar-refractivity contribution is 5.88. The Balaban J connectivity index is 1.87. The first kappa shape index (κ1) is 13.1. The lowest BCUT2D eigenvalue weighted by molar-refractivity contribution is -0.0252. The average Bonchev–Trinajstić information content (AvgIpc) is 2.75. The molecule has 0 spiro atoms. The molecule has 1 aromatic heterocycles. The highest BCUT2D eigenvalue weighted by atomic mass is 16.5. The van der Waals surface area contributed by atoms with Crippen LogP contribution in [0.4, 0.5) is 0 Å². The van der Waals surface area contributed by atoms with Gasteiger partial charge in [-0.05, 0) is 32.6 Å². The van der Waals surface area contributed by atoms with Gasteiger partial charge in [-0.3, -0.25) is 0 Å². The Morgan fingerprint density at radius 3 is 2.89 bits per heavy atom. The fourth-order valence-corrected chi connectivity index (χ4v) is 2.26. The average molecular weight is 253 g/mol. The number of hydrogen-bond donors (Lipinski definition) is 0. The number of rotatable bonds is 6. The molecule has 0 saturated heterocycles. The molecule has 5 nitrogen and oxygen atoms in total. The molecule has 0 amide bonds. The topological polar surface area (TPSA) is 61.6 Å². The van der Waals surface area contributed by atoms with E-state index in [0.717, 1.165) is 25.9 Å². The van der Waals surface area contributed by atoms with Crippen LogP contribution in [0.25, 0.3) is 0 Å². The SMILES string of the molecule is CCOC(=O)c1ncoc1CC1CC(OCC)C1. The van der Waals surface area contributed by atoms with Gasteiger partial charge < -0.3 is 13.9 Å². The van der Waals surface area contributed by atoms with Crippen LogP contribution in [0.5, 0.6) is 0 Å². The molecule has 18 heavy (non-hydrogen) atoms. The van der Waals surface area contributed by atoms with Gasteiger partial charge in [-0.1, -0.05) is 0 Å². The maximum Gasteiger partial charge on any atom is 0.360 e. The molecule has 1 aliphatic rings. The molecule has 1 aromatic rings. The van der Waals surface area contributed by atoms with Crippen LogP contribution < -0.4 is 0 Å². The summed E-state index contributed by atoms with van der Waals surface area (Å²) in [5.41, 5.74) is 0.316. The van der Waals surface area contributed by atoms with Crippen LogP contribution in [-0.4, -0.2) is 30.3 Å². The molecule has 2 rings (SSSR count). The van der Waals surface area contributed by atoms with Crippen LogP contribution in [0.3, 0.4) is 0 Å². The Morgan fingerprint density at radius 2 is 2.22 bits per heavy atom. The Morgan fingerprint density at radius 1 is 1.44 bits per heavy atom. The minimum atomic E-state index is -0.401. The van der Waals surface area contributed by atoms with Gasteiger partial charge in [0.25, 0.3) is 0 Å². The Hall–Kier alpha value is -1.36. The quantitative estimate of drug-likeness (QED) is 0.727. The van der Waals surface area contributed by atoms with Crippen molar-refractivity contribution in [2.24, 2.45) is 5.92 Å². The van der Waals surface area contributed by atoms with Gasteiger partial charge in [-0.25, -0.2) is 9.78 Å². The van der Waals surface area contributed by atoms with E-state index < -0.39 is 5.97 Å². The van der Waals surface area contributed by atoms with Crippen LogP contribution in [0.15, 0.2) is 10.8 Å². The molecule has 0 radical (unpaired) electrons. The lowest BCUT2D eigenvalue weighted by atomic mass is 9.79. The van der Waals surface area contributed by atoms with Crippen molar-refractivity contribution >= 4 is 5.97 Å². The molecule has 100 valence electrons. The molecule has 0 bridgehead atoms. The summed E-state index contributed by atoms with van der Waals surface area (Å²) in [4.78, 5) is 15.5. The second-order valence-corrected chi connectivity index (χ2v) is 4.46. The summed E-state index contributed by atoms with van der Waals surface area (Å²) in [6, 6.07) is 0. The first-order valence-corrected chi connectivity index (χ1v) is 6.45. The molecule has 0 atom stereocenters. The number of aromatic nitrogens is 1. The minimum absolute atomic E-state index is 0.316. The minimum Gasteiger partial charge on any atom is -0.461 e. The number of oxazole rings is 1. The number of esters is 1. The number of hydrogen-bond acceptors (Lipinski definition) is 5. The summed E-state index contributed by atoms with van der Waals surface area (Å²) in [6.07, 6.45) is 4.46. The monoisotopic (exact) mass is 253 g/mol. The highest BCUT2D eigenvalue weighted by Gasteiger charge is 2.32. The third kappa shape index (κ3) is 2.90. The van der Waals surface area contributed by atoms with Crippen molar-refractivity contribution in [1.29, 1.82) is 0 Å². The van der Waals surface area contributed by atoms with Crippen molar-refractivity contribution < 1.29 is 18.7 Å². The zero-order valence-corrected chi connectivity index (χ0v) is 10.8. The molecule has 5 heteroatoms. The molecular weight excluding hydrogens is 234 g/mol. The van der Waals surface area contributed by atoms with E-state index in [0.29, 0.717) is 30.1 Å². The summed E-state index contributed by atoms with van der Waals surface area (Å²) in [7, 11) is 0. The number of carbonyl (C=O) groups is 1. The lowest BCUT2D eigenvalue weighted by Gasteiger charge is -2.34. The van der Waals surface area contributed by atoms with E-state index in [4.69, 9.17) is 13.9 Å². The van der Waals surface area contributed by atoms with Gasteiger partial charge >= 0.3 is 5.97 Å². The molecule has 0 N–H and O–H groups in total. The van der Waals surface area contributed by atoms with Crippen molar-refractivity contribution in [1.82, 2.24) is 4.98 Å². The van der Waals surface area contributed by atoms with E-state index in [1.807, 2.05) is 6.92 Å². The highest BCUT2D eigenvalue weighted by Crippen LogP contribution is 2.33. The zero-order chi connectivity index (χ0) is 13.0. The summed E-state index contributed by atoms with van der Waals surface area (Å²) >= 11 is 0. The van der Waals surface area contributed by atoms with Gasteiger partial charge in [0, 0.05) is 13.0 Å². The van der Waals surface area contributed by atoms with Gasteiger partial charge in [0.15, 0.2) is 12.1 Å². The predicted molar refractivity (Wildman–Crippen MR) is 64.3 cm³/mol. The molecule has 1 aliphatic carbocycles. The number of ether oxygens (including phenoxy) is 2. The maximum atomic E-state index is 11.6. The lowest BCUT2D eigenvalue weighted by Crippen LogP contribution is -2.32.